The number of anilines is 1. The molecular formula is C26H26N6O2S. The molecule has 0 aliphatic rings. The smallest absolute Gasteiger partial charge is 0.236 e. The molecule has 8 nitrogen and oxygen atoms in total. The van der Waals surface area contributed by atoms with Crippen LogP contribution in [-0.2, 0) is 11.3 Å². The number of methoxy groups -OCH3 is 1. The molecule has 9 heteroatoms. The van der Waals surface area contributed by atoms with E-state index in [4.69, 9.17) is 4.74 Å². The lowest BCUT2D eigenvalue weighted by molar-refractivity contribution is -0.113. The van der Waals surface area contributed by atoms with Crippen LogP contribution in [0.1, 0.15) is 23.7 Å². The summed E-state index contributed by atoms with van der Waals surface area (Å²) in [4.78, 5) is 13.0. The maximum absolute atomic E-state index is 13.0. The van der Waals surface area contributed by atoms with Crippen LogP contribution in [0.5, 0.6) is 5.75 Å². The molecule has 0 aliphatic heterocycles. The first kappa shape index (κ1) is 24.1. The number of nitriles is 1. The summed E-state index contributed by atoms with van der Waals surface area (Å²) in [6.45, 7) is 6.50. The quantitative estimate of drug-likeness (QED) is 0.353. The summed E-state index contributed by atoms with van der Waals surface area (Å²) in [5, 5.41) is 22.0. The van der Waals surface area contributed by atoms with Crippen LogP contribution >= 0.6 is 11.8 Å². The number of benzene rings is 2. The average molecular weight is 487 g/mol. The third-order valence-electron chi connectivity index (χ3n) is 5.81. The van der Waals surface area contributed by atoms with Crippen LogP contribution in [0.15, 0.2) is 59.8 Å². The number of para-hydroxylation sites is 1. The molecule has 4 aromatic rings. The molecule has 2 aromatic carbocycles. The highest BCUT2D eigenvalue weighted by Gasteiger charge is 2.21. The summed E-state index contributed by atoms with van der Waals surface area (Å²) in [7, 11) is 1.63. The maximum Gasteiger partial charge on any atom is 0.236 e. The van der Waals surface area contributed by atoms with Crippen molar-refractivity contribution in [2.75, 3.05) is 18.2 Å². The second-order valence-corrected chi connectivity index (χ2v) is 8.78. The number of rotatable bonds is 8. The highest BCUT2D eigenvalue weighted by molar-refractivity contribution is 7.99. The molecule has 0 fully saturated rings. The number of thioether (sulfide) groups is 1. The van der Waals surface area contributed by atoms with Crippen molar-refractivity contribution in [3.8, 4) is 28.9 Å². The molecule has 35 heavy (non-hydrogen) atoms. The Morgan fingerprint density at radius 3 is 2.46 bits per heavy atom. The van der Waals surface area contributed by atoms with E-state index in [2.05, 4.69) is 21.6 Å². The highest BCUT2D eigenvalue weighted by Crippen LogP contribution is 2.31. The van der Waals surface area contributed by atoms with Crippen LogP contribution in [0.2, 0.25) is 0 Å². The molecule has 0 spiro atoms. The second kappa shape index (κ2) is 10.5. The Morgan fingerprint density at radius 2 is 1.83 bits per heavy atom. The van der Waals surface area contributed by atoms with Gasteiger partial charge in [0.05, 0.1) is 18.4 Å². The van der Waals surface area contributed by atoms with Crippen molar-refractivity contribution in [2.24, 2.45) is 0 Å². The maximum atomic E-state index is 13.0. The Balaban J connectivity index is 1.54. The van der Waals surface area contributed by atoms with Crippen LogP contribution in [-0.4, -0.2) is 38.1 Å². The molecule has 0 atom stereocenters. The minimum atomic E-state index is -0.224. The van der Waals surface area contributed by atoms with Crippen LogP contribution in [0.25, 0.3) is 17.1 Å². The summed E-state index contributed by atoms with van der Waals surface area (Å²) < 4.78 is 9.11. The van der Waals surface area contributed by atoms with Gasteiger partial charge < -0.3 is 14.6 Å². The van der Waals surface area contributed by atoms with Crippen LogP contribution in [0.3, 0.4) is 0 Å². The topological polar surface area (TPSA) is 97.8 Å². The summed E-state index contributed by atoms with van der Waals surface area (Å²) in [5.41, 5.74) is 4.01. The summed E-state index contributed by atoms with van der Waals surface area (Å²) >= 11 is 1.31. The van der Waals surface area contributed by atoms with E-state index in [1.165, 1.54) is 11.8 Å². The van der Waals surface area contributed by atoms with E-state index in [1.54, 1.807) is 7.11 Å². The van der Waals surface area contributed by atoms with Gasteiger partial charge >= 0.3 is 0 Å². The van der Waals surface area contributed by atoms with Gasteiger partial charge in [-0.1, -0.05) is 30.0 Å². The molecule has 4 rings (SSSR count). The Bertz CT molecular complexity index is 1380. The molecule has 0 unspecified atom stereocenters. The van der Waals surface area contributed by atoms with E-state index in [0.29, 0.717) is 23.1 Å². The Labute approximate surface area is 208 Å². The van der Waals surface area contributed by atoms with Crippen molar-refractivity contribution < 1.29 is 9.53 Å². The molecule has 2 heterocycles. The minimum absolute atomic E-state index is 0.129. The fourth-order valence-corrected chi connectivity index (χ4v) is 4.70. The lowest BCUT2D eigenvalue weighted by Crippen LogP contribution is -2.18. The van der Waals surface area contributed by atoms with Gasteiger partial charge in [0, 0.05) is 23.5 Å². The number of nitrogens with one attached hydrogen (secondary N) is 1. The van der Waals surface area contributed by atoms with Crippen LogP contribution in [0, 0.1) is 25.2 Å². The van der Waals surface area contributed by atoms with Gasteiger partial charge in [0.2, 0.25) is 5.91 Å². The molecule has 0 aliphatic carbocycles. The average Bonchev–Trinajstić information content (AvgIpc) is 3.41. The molecule has 0 radical (unpaired) electrons. The van der Waals surface area contributed by atoms with Gasteiger partial charge in [0.25, 0.3) is 0 Å². The molecular weight excluding hydrogens is 460 g/mol. The lowest BCUT2D eigenvalue weighted by atomic mass is 10.2. The monoisotopic (exact) mass is 486 g/mol. The SMILES string of the molecule is CCn1c(SCC(=O)Nc2c(C#N)c(C)c(C)n2-c2ccccc2)nnc1-c1ccc(OC)cc1. The largest absolute Gasteiger partial charge is 0.497 e. The fourth-order valence-electron chi connectivity index (χ4n) is 3.89. The predicted octanol–water partition coefficient (Wildman–Crippen LogP) is 4.98. The van der Waals surface area contributed by atoms with E-state index in [1.807, 2.05) is 84.5 Å². The zero-order chi connectivity index (χ0) is 24.9. The summed E-state index contributed by atoms with van der Waals surface area (Å²) in [6, 6.07) is 19.5. The fraction of sp³-hybridized carbons (Fsp3) is 0.231. The van der Waals surface area contributed by atoms with Gasteiger partial charge in [-0.25, -0.2) is 0 Å². The van der Waals surface area contributed by atoms with Gasteiger partial charge in [-0.05, 0) is 62.7 Å². The number of hydrogen-bond donors (Lipinski definition) is 1. The highest BCUT2D eigenvalue weighted by atomic mass is 32.2. The third kappa shape index (κ3) is 4.79. The normalized spacial score (nSPS) is 10.7. The molecule has 0 saturated carbocycles. The Kier molecular flexibility index (Phi) is 7.22. The Morgan fingerprint density at radius 1 is 1.11 bits per heavy atom. The van der Waals surface area contributed by atoms with Crippen molar-refractivity contribution >= 4 is 23.5 Å². The Hall–Kier alpha value is -4.03. The van der Waals surface area contributed by atoms with E-state index < -0.39 is 0 Å². The molecule has 1 N–H and O–H groups in total. The van der Waals surface area contributed by atoms with Gasteiger partial charge in [0.15, 0.2) is 11.0 Å². The molecule has 0 saturated heterocycles. The third-order valence-corrected chi connectivity index (χ3v) is 6.78. The first-order valence-corrected chi connectivity index (χ1v) is 12.1. The van der Waals surface area contributed by atoms with Crippen molar-refractivity contribution in [2.45, 2.75) is 32.5 Å². The second-order valence-electron chi connectivity index (χ2n) is 7.83. The predicted molar refractivity (Wildman–Crippen MR) is 137 cm³/mol. The number of hydrogen-bond acceptors (Lipinski definition) is 6. The van der Waals surface area contributed by atoms with E-state index >= 15 is 0 Å². The number of nitrogens with zero attached hydrogens (tertiary/aromatic N) is 5. The molecule has 2 aromatic heterocycles. The van der Waals surface area contributed by atoms with Crippen LogP contribution < -0.4 is 10.1 Å². The van der Waals surface area contributed by atoms with E-state index in [9.17, 15) is 10.1 Å². The number of aromatic nitrogens is 4. The lowest BCUT2D eigenvalue weighted by Gasteiger charge is -2.13. The van der Waals surface area contributed by atoms with Crippen molar-refractivity contribution in [1.82, 2.24) is 19.3 Å². The van der Waals surface area contributed by atoms with Crippen molar-refractivity contribution in [3.63, 3.8) is 0 Å². The van der Waals surface area contributed by atoms with Crippen LogP contribution in [0.4, 0.5) is 5.82 Å². The molecule has 178 valence electrons. The standard InChI is InChI=1S/C26H26N6O2S/c1-5-31-24(19-11-13-21(34-4)14-12-19)29-30-26(31)35-16-23(33)28-25-22(15-27)17(2)18(3)32(25)20-9-7-6-8-10-20/h6-14H,5,16H2,1-4H3,(H,28,33). The number of carbonyl (C=O) groups excluding carboxylic acids is 1. The first-order chi connectivity index (χ1) is 17.0. The summed E-state index contributed by atoms with van der Waals surface area (Å²) in [5.74, 6) is 1.89. The minimum Gasteiger partial charge on any atom is -0.497 e. The van der Waals surface area contributed by atoms with Crippen molar-refractivity contribution in [3.05, 3.63) is 71.4 Å². The van der Waals surface area contributed by atoms with Crippen molar-refractivity contribution in [1.29, 1.82) is 5.26 Å². The van der Waals surface area contributed by atoms with E-state index in [0.717, 1.165) is 34.1 Å². The molecule has 1 amide bonds. The number of ether oxygens (including phenoxy) is 1. The zero-order valence-electron chi connectivity index (χ0n) is 20.1. The first-order valence-electron chi connectivity index (χ1n) is 11.2. The number of carbonyl (C=O) groups is 1. The molecule has 0 bridgehead atoms. The van der Waals surface area contributed by atoms with Gasteiger partial charge in [-0.3, -0.25) is 9.36 Å². The van der Waals surface area contributed by atoms with Gasteiger partial charge in [0.1, 0.15) is 17.6 Å². The number of amides is 1. The van der Waals surface area contributed by atoms with E-state index in [-0.39, 0.29) is 11.7 Å². The summed E-state index contributed by atoms with van der Waals surface area (Å²) in [6.07, 6.45) is 0. The zero-order valence-corrected chi connectivity index (χ0v) is 20.9. The van der Waals surface area contributed by atoms with Gasteiger partial charge in [-0.15, -0.1) is 10.2 Å². The van der Waals surface area contributed by atoms with Gasteiger partial charge in [-0.2, -0.15) is 5.26 Å².